The number of allylic oxidation sites excluding steroid dienone is 2. The van der Waals surface area contributed by atoms with Crippen LogP contribution in [0.1, 0.15) is 49.9 Å². The molecule has 1 saturated carbocycles. The number of rotatable bonds is 5. The van der Waals surface area contributed by atoms with Gasteiger partial charge in [-0.05, 0) is 52.4 Å². The second-order valence-corrected chi connectivity index (χ2v) is 6.37. The minimum absolute atomic E-state index is 0.00709. The highest BCUT2D eigenvalue weighted by Gasteiger charge is 2.35. The third kappa shape index (κ3) is 3.13. The number of hydrogen-bond acceptors (Lipinski definition) is 4. The minimum atomic E-state index is -0.430. The van der Waals surface area contributed by atoms with Gasteiger partial charge >= 0.3 is 5.69 Å². The van der Waals surface area contributed by atoms with Gasteiger partial charge in [0.1, 0.15) is 17.9 Å². The molecule has 1 aromatic rings. The van der Waals surface area contributed by atoms with Crippen LogP contribution in [-0.4, -0.2) is 31.6 Å². The molecule has 0 aliphatic heterocycles. The molecular weight excluding hydrogens is 296 g/mol. The highest BCUT2D eigenvalue weighted by atomic mass is 16.6. The molecule has 1 aromatic heterocycles. The Morgan fingerprint density at radius 2 is 2.17 bits per heavy atom. The first-order valence-electron chi connectivity index (χ1n) is 8.18. The van der Waals surface area contributed by atoms with Gasteiger partial charge in [0.2, 0.25) is 5.91 Å². The molecule has 2 aliphatic rings. The van der Waals surface area contributed by atoms with E-state index in [1.165, 1.54) is 11.1 Å². The Bertz CT molecular complexity index is 673. The van der Waals surface area contributed by atoms with Gasteiger partial charge < -0.3 is 4.90 Å². The molecule has 124 valence electrons. The van der Waals surface area contributed by atoms with Crippen LogP contribution in [0.3, 0.4) is 0 Å². The molecule has 7 heteroatoms. The maximum Gasteiger partial charge on any atom is 0.312 e. The Morgan fingerprint density at radius 1 is 1.43 bits per heavy atom. The molecule has 23 heavy (non-hydrogen) atoms. The predicted molar refractivity (Wildman–Crippen MR) is 84.8 cm³/mol. The molecule has 0 bridgehead atoms. The number of aromatic nitrogens is 2. The number of carbonyl (C=O) groups is 1. The van der Waals surface area contributed by atoms with E-state index >= 15 is 0 Å². The van der Waals surface area contributed by atoms with Gasteiger partial charge in [-0.1, -0.05) is 6.08 Å². The van der Waals surface area contributed by atoms with Crippen LogP contribution >= 0.6 is 0 Å². The average Bonchev–Trinajstić information content (AvgIpc) is 3.27. The first-order chi connectivity index (χ1) is 11.0. The number of hydrogen-bond donors (Lipinski definition) is 0. The third-order valence-electron chi connectivity index (χ3n) is 4.57. The highest BCUT2D eigenvalue weighted by Crippen LogP contribution is 2.34. The van der Waals surface area contributed by atoms with Crippen LogP contribution in [0.4, 0.5) is 5.69 Å². The van der Waals surface area contributed by atoms with E-state index in [1.54, 1.807) is 13.8 Å². The summed E-state index contributed by atoms with van der Waals surface area (Å²) < 4.78 is 1.47. The van der Waals surface area contributed by atoms with Gasteiger partial charge in [0, 0.05) is 11.7 Å². The average molecular weight is 318 g/mol. The van der Waals surface area contributed by atoms with E-state index < -0.39 is 4.92 Å². The Kier molecular flexibility index (Phi) is 4.19. The van der Waals surface area contributed by atoms with E-state index in [0.29, 0.717) is 17.4 Å². The fourth-order valence-electron chi connectivity index (χ4n) is 3.28. The fourth-order valence-corrected chi connectivity index (χ4v) is 3.28. The summed E-state index contributed by atoms with van der Waals surface area (Å²) >= 11 is 0. The Morgan fingerprint density at radius 3 is 2.70 bits per heavy atom. The van der Waals surface area contributed by atoms with E-state index in [9.17, 15) is 14.9 Å². The normalized spacial score (nSPS) is 17.7. The van der Waals surface area contributed by atoms with Gasteiger partial charge in [-0.2, -0.15) is 5.10 Å². The molecule has 1 heterocycles. The lowest BCUT2D eigenvalue weighted by Crippen LogP contribution is -2.36. The number of aryl methyl sites for hydroxylation is 1. The summed E-state index contributed by atoms with van der Waals surface area (Å²) in [5, 5.41) is 15.3. The largest absolute Gasteiger partial charge is 0.312 e. The lowest BCUT2D eigenvalue weighted by atomic mass is 10.0. The summed E-state index contributed by atoms with van der Waals surface area (Å²) in [5.74, 6) is -0.0128. The van der Waals surface area contributed by atoms with E-state index in [0.717, 1.165) is 37.8 Å². The maximum absolute atomic E-state index is 12.8. The predicted octanol–water partition coefficient (Wildman–Crippen LogP) is 2.86. The highest BCUT2D eigenvalue weighted by molar-refractivity contribution is 5.79. The molecule has 0 radical (unpaired) electrons. The van der Waals surface area contributed by atoms with Crippen LogP contribution in [0.15, 0.2) is 11.8 Å². The Hall–Kier alpha value is -2.18. The van der Waals surface area contributed by atoms with Crippen molar-refractivity contribution in [3.63, 3.8) is 0 Å². The van der Waals surface area contributed by atoms with Crippen LogP contribution in [0.25, 0.3) is 0 Å². The van der Waals surface area contributed by atoms with Crippen molar-refractivity contribution in [3.05, 3.63) is 33.3 Å². The molecule has 7 nitrogen and oxygen atoms in total. The van der Waals surface area contributed by atoms with Crippen LogP contribution in [-0.2, 0) is 11.3 Å². The number of nitrogens with zero attached hydrogens (tertiary/aromatic N) is 4. The second-order valence-electron chi connectivity index (χ2n) is 6.37. The summed E-state index contributed by atoms with van der Waals surface area (Å²) in [7, 11) is 0. The van der Waals surface area contributed by atoms with Gasteiger partial charge in [0.25, 0.3) is 0 Å². The van der Waals surface area contributed by atoms with Gasteiger partial charge in [-0.15, -0.1) is 0 Å². The molecule has 1 amide bonds. The minimum Gasteiger partial charge on any atom is -0.312 e. The lowest BCUT2D eigenvalue weighted by molar-refractivity contribution is -0.386. The number of carbonyl (C=O) groups excluding carboxylic acids is 1. The summed E-state index contributed by atoms with van der Waals surface area (Å²) in [6.45, 7) is 3.32. The van der Waals surface area contributed by atoms with Crippen molar-refractivity contribution < 1.29 is 9.72 Å². The zero-order chi connectivity index (χ0) is 16.6. The quantitative estimate of drug-likeness (QED) is 0.617. The smallest absolute Gasteiger partial charge is 0.312 e. The van der Waals surface area contributed by atoms with Crippen molar-refractivity contribution in [1.82, 2.24) is 14.7 Å². The molecule has 0 aromatic carbocycles. The number of nitro groups is 1. The molecule has 0 spiro atoms. The molecular formula is C16H22N4O3. The topological polar surface area (TPSA) is 81.3 Å². The van der Waals surface area contributed by atoms with Crippen LogP contribution < -0.4 is 0 Å². The molecule has 1 fully saturated rings. The summed E-state index contributed by atoms with van der Waals surface area (Å²) in [6.07, 6.45) is 8.52. The van der Waals surface area contributed by atoms with Gasteiger partial charge in [-0.25, -0.2) is 0 Å². The van der Waals surface area contributed by atoms with Crippen LogP contribution in [0.2, 0.25) is 0 Å². The lowest BCUT2D eigenvalue weighted by Gasteiger charge is -2.28. The molecule has 3 rings (SSSR count). The maximum atomic E-state index is 12.8. The van der Waals surface area contributed by atoms with Crippen LogP contribution in [0.5, 0.6) is 0 Å². The fraction of sp³-hybridized carbons (Fsp3) is 0.625. The first kappa shape index (κ1) is 15.7. The summed E-state index contributed by atoms with van der Waals surface area (Å²) in [5.41, 5.74) is 1.93. The Balaban J connectivity index is 1.81. The van der Waals surface area contributed by atoms with Gasteiger partial charge in [-0.3, -0.25) is 19.6 Å². The monoisotopic (exact) mass is 318 g/mol. The van der Waals surface area contributed by atoms with Crippen molar-refractivity contribution in [3.8, 4) is 0 Å². The molecule has 0 unspecified atom stereocenters. The van der Waals surface area contributed by atoms with Crippen molar-refractivity contribution in [2.45, 2.75) is 65.0 Å². The van der Waals surface area contributed by atoms with E-state index in [2.05, 4.69) is 11.2 Å². The zero-order valence-corrected chi connectivity index (χ0v) is 13.6. The zero-order valence-electron chi connectivity index (χ0n) is 13.6. The van der Waals surface area contributed by atoms with E-state index in [-0.39, 0.29) is 18.1 Å². The number of amides is 1. The molecule has 0 saturated heterocycles. The van der Waals surface area contributed by atoms with Crippen LogP contribution in [0, 0.1) is 24.0 Å². The van der Waals surface area contributed by atoms with Gasteiger partial charge in [0.05, 0.1) is 4.92 Å². The SMILES string of the molecule is Cc1nn(CC(=O)N(C2=CCCCC2)C2CC2)c(C)c1[N+](=O)[O-]. The summed E-state index contributed by atoms with van der Waals surface area (Å²) in [4.78, 5) is 25.4. The standard InChI is InChI=1S/C16H22N4O3/c1-11-16(20(22)23)12(2)18(17-11)10-15(21)19(14-8-9-14)13-6-4-3-5-7-13/h6,14H,3-5,7-10H2,1-2H3. The van der Waals surface area contributed by atoms with Crippen molar-refractivity contribution in [1.29, 1.82) is 0 Å². The third-order valence-corrected chi connectivity index (χ3v) is 4.57. The summed E-state index contributed by atoms with van der Waals surface area (Å²) in [6, 6.07) is 0.304. The van der Waals surface area contributed by atoms with Crippen molar-refractivity contribution in [2.24, 2.45) is 0 Å². The van der Waals surface area contributed by atoms with E-state index in [1.807, 2.05) is 4.90 Å². The molecule has 0 atom stereocenters. The Labute approximate surface area is 135 Å². The first-order valence-corrected chi connectivity index (χ1v) is 8.18. The van der Waals surface area contributed by atoms with Gasteiger partial charge in [0.15, 0.2) is 0 Å². The van der Waals surface area contributed by atoms with E-state index in [4.69, 9.17) is 0 Å². The van der Waals surface area contributed by atoms with Crippen molar-refractivity contribution in [2.75, 3.05) is 0 Å². The molecule has 0 N–H and O–H groups in total. The van der Waals surface area contributed by atoms with Crippen molar-refractivity contribution >= 4 is 11.6 Å². The second kappa shape index (κ2) is 6.14. The molecule has 2 aliphatic carbocycles.